The maximum absolute atomic E-state index is 11.3. The molecule has 0 fully saturated rings. The number of halogens is 1. The van der Waals surface area contributed by atoms with Crippen LogP contribution in [0.5, 0.6) is 0 Å². The Morgan fingerprint density at radius 3 is 2.50 bits per heavy atom. The van der Waals surface area contributed by atoms with Gasteiger partial charge in [-0.2, -0.15) is 0 Å². The van der Waals surface area contributed by atoms with Crippen LogP contribution in [-0.2, 0) is 16.4 Å². The quantitative estimate of drug-likeness (QED) is 0.913. The highest BCUT2D eigenvalue weighted by Crippen LogP contribution is 2.19. The Morgan fingerprint density at radius 2 is 2.00 bits per heavy atom. The molecule has 0 bridgehead atoms. The summed E-state index contributed by atoms with van der Waals surface area (Å²) in [6, 6.07) is 5.18. The molecule has 5 heteroatoms. The van der Waals surface area contributed by atoms with Crippen molar-refractivity contribution in [1.29, 1.82) is 0 Å². The van der Waals surface area contributed by atoms with Crippen molar-refractivity contribution < 1.29 is 8.42 Å². The summed E-state index contributed by atoms with van der Waals surface area (Å²) in [5, 5.41) is 2.97. The van der Waals surface area contributed by atoms with Gasteiger partial charge in [0.2, 0.25) is 0 Å². The second-order valence-electron chi connectivity index (χ2n) is 3.10. The minimum atomic E-state index is -3.12. The first kappa shape index (κ1) is 11.7. The van der Waals surface area contributed by atoms with E-state index in [9.17, 15) is 8.42 Å². The molecule has 0 aromatic heterocycles. The molecule has 1 aromatic carbocycles. The molecule has 0 aliphatic heterocycles. The van der Waals surface area contributed by atoms with Crippen LogP contribution >= 0.6 is 15.9 Å². The zero-order valence-corrected chi connectivity index (χ0v) is 10.4. The average Bonchev–Trinajstić information content (AvgIpc) is 2.02. The van der Waals surface area contributed by atoms with Crippen LogP contribution in [0.15, 0.2) is 27.6 Å². The van der Waals surface area contributed by atoms with E-state index < -0.39 is 9.84 Å². The molecule has 0 spiro atoms. The number of sulfone groups is 1. The van der Waals surface area contributed by atoms with Gasteiger partial charge in [-0.3, -0.25) is 0 Å². The van der Waals surface area contributed by atoms with E-state index in [2.05, 4.69) is 21.2 Å². The van der Waals surface area contributed by atoms with Crippen LogP contribution in [-0.4, -0.2) is 21.7 Å². The van der Waals surface area contributed by atoms with E-state index in [1.165, 1.54) is 6.26 Å². The third-order valence-electron chi connectivity index (χ3n) is 1.74. The summed E-state index contributed by atoms with van der Waals surface area (Å²) in [7, 11) is -1.30. The van der Waals surface area contributed by atoms with Gasteiger partial charge in [0.05, 0.1) is 4.90 Å². The number of benzene rings is 1. The van der Waals surface area contributed by atoms with Gasteiger partial charge < -0.3 is 5.32 Å². The molecule has 1 N–H and O–H groups in total. The molecule has 0 radical (unpaired) electrons. The lowest BCUT2D eigenvalue weighted by Crippen LogP contribution is -2.06. The van der Waals surface area contributed by atoms with Crippen LogP contribution < -0.4 is 5.32 Å². The Balaban J connectivity index is 3.21. The third-order valence-corrected chi connectivity index (χ3v) is 3.29. The smallest absolute Gasteiger partial charge is 0.175 e. The zero-order chi connectivity index (χ0) is 10.8. The molecule has 78 valence electrons. The molecule has 1 aromatic rings. The summed E-state index contributed by atoms with van der Waals surface area (Å²) in [5.41, 5.74) is 0.947. The van der Waals surface area contributed by atoms with Crippen molar-refractivity contribution >= 4 is 25.8 Å². The number of rotatable bonds is 3. The van der Waals surface area contributed by atoms with Gasteiger partial charge in [0, 0.05) is 17.3 Å². The predicted octanol–water partition coefficient (Wildman–Crippen LogP) is 1.57. The highest BCUT2D eigenvalue weighted by Gasteiger charge is 2.08. The highest BCUT2D eigenvalue weighted by molar-refractivity contribution is 9.10. The molecule has 0 saturated carbocycles. The third kappa shape index (κ3) is 3.08. The van der Waals surface area contributed by atoms with Crippen molar-refractivity contribution in [2.24, 2.45) is 0 Å². The summed E-state index contributed by atoms with van der Waals surface area (Å²) < 4.78 is 23.4. The lowest BCUT2D eigenvalue weighted by Gasteiger charge is -2.04. The Kier molecular flexibility index (Phi) is 3.69. The van der Waals surface area contributed by atoms with Gasteiger partial charge in [-0.05, 0) is 30.8 Å². The second-order valence-corrected chi connectivity index (χ2v) is 6.03. The summed E-state index contributed by atoms with van der Waals surface area (Å²) in [5.74, 6) is 0. The van der Waals surface area contributed by atoms with Crippen LogP contribution in [0, 0.1) is 0 Å². The van der Waals surface area contributed by atoms with Crippen LogP contribution in [0.1, 0.15) is 5.56 Å². The normalized spacial score (nSPS) is 11.6. The molecule has 0 atom stereocenters. The summed E-state index contributed by atoms with van der Waals surface area (Å²) in [6.07, 6.45) is 1.21. The summed E-state index contributed by atoms with van der Waals surface area (Å²) in [6.45, 7) is 0.655. The van der Waals surface area contributed by atoms with E-state index in [0.717, 1.165) is 10.0 Å². The average molecular weight is 278 g/mol. The second kappa shape index (κ2) is 4.42. The largest absolute Gasteiger partial charge is 0.316 e. The zero-order valence-electron chi connectivity index (χ0n) is 8.04. The molecule has 3 nitrogen and oxygen atoms in total. The van der Waals surface area contributed by atoms with E-state index in [1.54, 1.807) is 12.1 Å². The molecule has 0 amide bonds. The maximum atomic E-state index is 11.3. The van der Waals surface area contributed by atoms with Gasteiger partial charge >= 0.3 is 0 Å². The Bertz CT molecular complexity index is 428. The molecule has 0 saturated heterocycles. The van der Waals surface area contributed by atoms with Crippen molar-refractivity contribution in [3.63, 3.8) is 0 Å². The van der Waals surface area contributed by atoms with Gasteiger partial charge in [-0.25, -0.2) is 8.42 Å². The van der Waals surface area contributed by atoms with Crippen molar-refractivity contribution in [2.75, 3.05) is 13.3 Å². The fourth-order valence-corrected chi connectivity index (χ4v) is 2.54. The highest BCUT2D eigenvalue weighted by atomic mass is 79.9. The fourth-order valence-electron chi connectivity index (χ4n) is 1.14. The first-order chi connectivity index (χ1) is 6.43. The first-order valence-corrected chi connectivity index (χ1v) is 6.76. The van der Waals surface area contributed by atoms with Crippen molar-refractivity contribution in [3.8, 4) is 0 Å². The monoisotopic (exact) mass is 277 g/mol. The number of hydrogen-bond donors (Lipinski definition) is 1. The van der Waals surface area contributed by atoms with Gasteiger partial charge in [-0.15, -0.1) is 0 Å². The Morgan fingerprint density at radius 1 is 1.36 bits per heavy atom. The minimum absolute atomic E-state index is 0.345. The number of hydrogen-bond acceptors (Lipinski definition) is 3. The molecule has 0 unspecified atom stereocenters. The Labute approximate surface area is 92.6 Å². The molecule has 0 aliphatic carbocycles. The molecule has 0 aliphatic rings. The lowest BCUT2D eigenvalue weighted by atomic mass is 10.2. The SMILES string of the molecule is CNCc1cc(Br)cc(S(C)(=O)=O)c1. The maximum Gasteiger partial charge on any atom is 0.175 e. The van der Waals surface area contributed by atoms with Crippen molar-refractivity contribution in [2.45, 2.75) is 11.4 Å². The topological polar surface area (TPSA) is 46.2 Å². The summed E-state index contributed by atoms with van der Waals surface area (Å²) >= 11 is 3.28. The molecule has 0 heterocycles. The van der Waals surface area contributed by atoms with Crippen LogP contribution in [0.2, 0.25) is 0 Å². The van der Waals surface area contributed by atoms with E-state index in [4.69, 9.17) is 0 Å². The van der Waals surface area contributed by atoms with Crippen LogP contribution in [0.4, 0.5) is 0 Å². The van der Waals surface area contributed by atoms with Gasteiger partial charge in [0.25, 0.3) is 0 Å². The van der Waals surface area contributed by atoms with E-state index in [1.807, 2.05) is 13.1 Å². The number of nitrogens with one attached hydrogen (secondary N) is 1. The standard InChI is InChI=1S/C9H12BrNO2S/c1-11-6-7-3-8(10)5-9(4-7)14(2,12)13/h3-5,11H,6H2,1-2H3. The van der Waals surface area contributed by atoms with E-state index in [0.29, 0.717) is 11.4 Å². The Hall–Kier alpha value is -0.390. The van der Waals surface area contributed by atoms with E-state index in [-0.39, 0.29) is 0 Å². The lowest BCUT2D eigenvalue weighted by molar-refractivity contribution is 0.601. The molecule has 14 heavy (non-hydrogen) atoms. The molecule has 1 rings (SSSR count). The fraction of sp³-hybridized carbons (Fsp3) is 0.333. The van der Waals surface area contributed by atoms with Crippen molar-refractivity contribution in [1.82, 2.24) is 5.32 Å². The minimum Gasteiger partial charge on any atom is -0.316 e. The van der Waals surface area contributed by atoms with Gasteiger partial charge in [-0.1, -0.05) is 15.9 Å². The van der Waals surface area contributed by atoms with Gasteiger partial charge in [0.1, 0.15) is 0 Å². The molecular formula is C9H12BrNO2S. The van der Waals surface area contributed by atoms with Crippen LogP contribution in [0.3, 0.4) is 0 Å². The predicted molar refractivity (Wildman–Crippen MR) is 60.0 cm³/mol. The first-order valence-electron chi connectivity index (χ1n) is 4.07. The van der Waals surface area contributed by atoms with Crippen LogP contribution in [0.25, 0.3) is 0 Å². The molecular weight excluding hydrogens is 266 g/mol. The summed E-state index contributed by atoms with van der Waals surface area (Å²) in [4.78, 5) is 0.345. The van der Waals surface area contributed by atoms with E-state index >= 15 is 0 Å². The van der Waals surface area contributed by atoms with Crippen molar-refractivity contribution in [3.05, 3.63) is 28.2 Å². The van der Waals surface area contributed by atoms with Gasteiger partial charge in [0.15, 0.2) is 9.84 Å².